The summed E-state index contributed by atoms with van der Waals surface area (Å²) in [5.74, 6) is -1.51. The van der Waals surface area contributed by atoms with E-state index in [-0.39, 0.29) is 6.54 Å². The van der Waals surface area contributed by atoms with Gasteiger partial charge in [0, 0.05) is 18.5 Å². The summed E-state index contributed by atoms with van der Waals surface area (Å²) in [7, 11) is 0. The number of amides is 1. The number of aromatic nitrogens is 1. The van der Waals surface area contributed by atoms with Crippen LogP contribution in [0.15, 0.2) is 30.6 Å². The van der Waals surface area contributed by atoms with E-state index in [2.05, 4.69) is 10.3 Å². The summed E-state index contributed by atoms with van der Waals surface area (Å²) in [4.78, 5) is 25.0. The van der Waals surface area contributed by atoms with E-state index < -0.39 is 11.9 Å². The fourth-order valence-corrected chi connectivity index (χ4v) is 0.868. The van der Waals surface area contributed by atoms with Gasteiger partial charge in [0.1, 0.15) is 6.54 Å². The molecule has 0 aliphatic heterocycles. The maximum Gasteiger partial charge on any atom is 0.322 e. The van der Waals surface area contributed by atoms with E-state index in [9.17, 15) is 9.59 Å². The van der Waals surface area contributed by atoms with E-state index >= 15 is 0 Å². The summed E-state index contributed by atoms with van der Waals surface area (Å²) in [6, 6.07) is 3.53. The molecule has 5 nitrogen and oxygen atoms in total. The Bertz CT molecular complexity index is 374. The summed E-state index contributed by atoms with van der Waals surface area (Å²) >= 11 is 0. The quantitative estimate of drug-likeness (QED) is 0.694. The van der Waals surface area contributed by atoms with Crippen LogP contribution >= 0.6 is 0 Å². The molecule has 0 aliphatic rings. The molecule has 0 fully saturated rings. The predicted octanol–water partition coefficient (Wildman–Crippen LogP) is 0.296. The maximum atomic E-state index is 11.0. The summed E-state index contributed by atoms with van der Waals surface area (Å²) in [5, 5.41) is 10.5. The van der Waals surface area contributed by atoms with Crippen LogP contribution in [0.25, 0.3) is 6.08 Å². The van der Waals surface area contributed by atoms with Crippen molar-refractivity contribution >= 4 is 18.0 Å². The normalized spacial score (nSPS) is 10.1. The average Bonchev–Trinajstić information content (AvgIpc) is 2.25. The Morgan fingerprint density at radius 1 is 1.53 bits per heavy atom. The lowest BCUT2D eigenvalue weighted by molar-refractivity contribution is -0.137. The average molecular weight is 206 g/mol. The number of hydrogen-bond donors (Lipinski definition) is 2. The van der Waals surface area contributed by atoms with Crippen molar-refractivity contribution in [1.82, 2.24) is 10.3 Å². The molecule has 0 atom stereocenters. The number of nitrogens with one attached hydrogen (secondary N) is 1. The Morgan fingerprint density at radius 2 is 2.33 bits per heavy atom. The first-order chi connectivity index (χ1) is 7.18. The first-order valence-corrected chi connectivity index (χ1v) is 4.26. The number of rotatable bonds is 4. The van der Waals surface area contributed by atoms with Crippen LogP contribution in [0.4, 0.5) is 0 Å². The minimum absolute atomic E-state index is 0.379. The maximum absolute atomic E-state index is 11.0. The molecule has 2 N–H and O–H groups in total. The zero-order valence-electron chi connectivity index (χ0n) is 7.88. The summed E-state index contributed by atoms with van der Waals surface area (Å²) < 4.78 is 0. The highest BCUT2D eigenvalue weighted by Crippen LogP contribution is 1.97. The number of hydrogen-bond acceptors (Lipinski definition) is 3. The van der Waals surface area contributed by atoms with Crippen molar-refractivity contribution in [3.63, 3.8) is 0 Å². The smallest absolute Gasteiger partial charge is 0.322 e. The van der Waals surface area contributed by atoms with Gasteiger partial charge >= 0.3 is 5.97 Å². The van der Waals surface area contributed by atoms with Crippen LogP contribution in [0, 0.1) is 0 Å². The zero-order chi connectivity index (χ0) is 11.1. The van der Waals surface area contributed by atoms with Gasteiger partial charge < -0.3 is 10.4 Å². The highest BCUT2D eigenvalue weighted by atomic mass is 16.4. The van der Waals surface area contributed by atoms with E-state index in [0.29, 0.717) is 0 Å². The summed E-state index contributed by atoms with van der Waals surface area (Å²) in [5.41, 5.74) is 0.781. The van der Waals surface area contributed by atoms with Crippen LogP contribution in [-0.2, 0) is 9.59 Å². The number of pyridine rings is 1. The van der Waals surface area contributed by atoms with Gasteiger partial charge in [-0.1, -0.05) is 6.07 Å². The predicted molar refractivity (Wildman–Crippen MR) is 53.9 cm³/mol. The van der Waals surface area contributed by atoms with Crippen LogP contribution in [0.5, 0.6) is 0 Å². The molecule has 1 amide bonds. The van der Waals surface area contributed by atoms with Gasteiger partial charge in [0.05, 0.1) is 0 Å². The van der Waals surface area contributed by atoms with E-state index in [1.807, 2.05) is 0 Å². The number of carbonyl (C=O) groups is 2. The van der Waals surface area contributed by atoms with Gasteiger partial charge in [0.2, 0.25) is 5.91 Å². The third kappa shape index (κ3) is 4.56. The summed E-state index contributed by atoms with van der Waals surface area (Å²) in [6.07, 6.45) is 6.05. The highest BCUT2D eigenvalue weighted by Gasteiger charge is 1.98. The lowest BCUT2D eigenvalue weighted by Crippen LogP contribution is -2.27. The molecule has 0 saturated carbocycles. The number of carbonyl (C=O) groups excluding carboxylic acids is 1. The van der Waals surface area contributed by atoms with Crippen molar-refractivity contribution in [2.75, 3.05) is 6.54 Å². The van der Waals surface area contributed by atoms with Gasteiger partial charge in [-0.05, 0) is 17.7 Å². The Kier molecular flexibility index (Phi) is 4.03. The van der Waals surface area contributed by atoms with Gasteiger partial charge in [-0.3, -0.25) is 14.6 Å². The van der Waals surface area contributed by atoms with E-state index in [1.165, 1.54) is 6.08 Å². The van der Waals surface area contributed by atoms with Crippen LogP contribution < -0.4 is 5.32 Å². The SMILES string of the molecule is O=C(O)CNC(=O)/C=C\c1cccnc1. The van der Waals surface area contributed by atoms with Crippen molar-refractivity contribution in [2.45, 2.75) is 0 Å². The molecule has 0 aromatic carbocycles. The van der Waals surface area contributed by atoms with Crippen molar-refractivity contribution in [2.24, 2.45) is 0 Å². The molecule has 0 aliphatic carbocycles. The van der Waals surface area contributed by atoms with Crippen LogP contribution in [0.3, 0.4) is 0 Å². The molecule has 5 heteroatoms. The number of nitrogens with zero attached hydrogens (tertiary/aromatic N) is 1. The van der Waals surface area contributed by atoms with Gasteiger partial charge in [-0.25, -0.2) is 0 Å². The van der Waals surface area contributed by atoms with Crippen molar-refractivity contribution in [3.05, 3.63) is 36.2 Å². The standard InChI is InChI=1S/C10H10N2O3/c13-9(12-7-10(14)15)4-3-8-2-1-5-11-6-8/h1-6H,7H2,(H,12,13)(H,14,15)/b4-3-. The van der Waals surface area contributed by atoms with Crippen LogP contribution in [0.2, 0.25) is 0 Å². The number of aliphatic carboxylic acids is 1. The van der Waals surface area contributed by atoms with Gasteiger partial charge in [-0.15, -0.1) is 0 Å². The minimum atomic E-state index is -1.07. The largest absolute Gasteiger partial charge is 0.480 e. The first kappa shape index (κ1) is 10.9. The Balaban J connectivity index is 2.44. The number of carboxylic acid groups (broad SMARTS) is 1. The minimum Gasteiger partial charge on any atom is -0.480 e. The molecule has 1 aromatic rings. The fraction of sp³-hybridized carbons (Fsp3) is 0.100. The van der Waals surface area contributed by atoms with Crippen LogP contribution in [0.1, 0.15) is 5.56 Å². The Hall–Kier alpha value is -2.17. The molecule has 15 heavy (non-hydrogen) atoms. The molecular weight excluding hydrogens is 196 g/mol. The second-order valence-electron chi connectivity index (χ2n) is 2.73. The monoisotopic (exact) mass is 206 g/mol. The van der Waals surface area contributed by atoms with Crippen molar-refractivity contribution < 1.29 is 14.7 Å². The molecule has 78 valence electrons. The van der Waals surface area contributed by atoms with Crippen molar-refractivity contribution in [3.8, 4) is 0 Å². The molecule has 1 heterocycles. The molecule has 0 bridgehead atoms. The fourth-order valence-electron chi connectivity index (χ4n) is 0.868. The zero-order valence-corrected chi connectivity index (χ0v) is 7.88. The third-order valence-electron chi connectivity index (χ3n) is 1.53. The molecule has 0 saturated heterocycles. The van der Waals surface area contributed by atoms with Crippen molar-refractivity contribution in [1.29, 1.82) is 0 Å². The van der Waals surface area contributed by atoms with Gasteiger partial charge in [0.15, 0.2) is 0 Å². The molecule has 0 radical (unpaired) electrons. The lowest BCUT2D eigenvalue weighted by atomic mass is 10.2. The molecular formula is C10H10N2O3. The topological polar surface area (TPSA) is 79.3 Å². The molecule has 1 aromatic heterocycles. The lowest BCUT2D eigenvalue weighted by Gasteiger charge is -1.95. The molecule has 1 rings (SSSR count). The van der Waals surface area contributed by atoms with E-state index in [1.54, 1.807) is 30.6 Å². The molecule has 0 unspecified atom stereocenters. The van der Waals surface area contributed by atoms with E-state index in [0.717, 1.165) is 5.56 Å². The third-order valence-corrected chi connectivity index (χ3v) is 1.53. The summed E-state index contributed by atoms with van der Waals surface area (Å²) in [6.45, 7) is -0.379. The van der Waals surface area contributed by atoms with E-state index in [4.69, 9.17) is 5.11 Å². The highest BCUT2D eigenvalue weighted by molar-refractivity contribution is 5.93. The van der Waals surface area contributed by atoms with Crippen LogP contribution in [-0.4, -0.2) is 28.5 Å². The first-order valence-electron chi connectivity index (χ1n) is 4.26. The molecule has 0 spiro atoms. The van der Waals surface area contributed by atoms with Gasteiger partial charge in [-0.2, -0.15) is 0 Å². The number of carboxylic acids is 1. The second kappa shape index (κ2) is 5.54. The Labute approximate surface area is 86.5 Å². The second-order valence-corrected chi connectivity index (χ2v) is 2.73. The Morgan fingerprint density at radius 3 is 2.93 bits per heavy atom. The van der Waals surface area contributed by atoms with Gasteiger partial charge in [0.25, 0.3) is 0 Å².